The highest BCUT2D eigenvalue weighted by Crippen LogP contribution is 2.41. The number of fused-ring (bicyclic) bond motifs is 7. The summed E-state index contributed by atoms with van der Waals surface area (Å²) in [6, 6.07) is 42.7. The summed E-state index contributed by atoms with van der Waals surface area (Å²) in [7, 11) is 0. The van der Waals surface area contributed by atoms with Gasteiger partial charge in [0.15, 0.2) is 17.5 Å². The number of aromatic nitrogens is 5. The summed E-state index contributed by atoms with van der Waals surface area (Å²) in [6.45, 7) is 0. The normalized spacial score (nSPS) is 11.8. The second kappa shape index (κ2) is 10.4. The van der Waals surface area contributed by atoms with Crippen molar-refractivity contribution in [1.82, 2.24) is 24.9 Å². The highest BCUT2D eigenvalue weighted by atomic mass is 16.3. The number of hydrogen-bond acceptors (Lipinski definition) is 7. The molecule has 0 saturated heterocycles. The summed E-state index contributed by atoms with van der Waals surface area (Å²) in [6.07, 6.45) is 3.55. The Morgan fingerprint density at radius 3 is 1.50 bits per heavy atom. The van der Waals surface area contributed by atoms with Crippen LogP contribution in [-0.4, -0.2) is 24.9 Å². The molecular formula is C41H23N5O2. The molecule has 5 aromatic carbocycles. The molecule has 0 bridgehead atoms. The largest absolute Gasteiger partial charge is 0.438 e. The molecule has 48 heavy (non-hydrogen) atoms. The monoisotopic (exact) mass is 617 g/mol. The zero-order valence-corrected chi connectivity index (χ0v) is 25.3. The highest BCUT2D eigenvalue weighted by molar-refractivity contribution is 6.15. The molecule has 0 atom stereocenters. The maximum atomic E-state index is 6.13. The Kier molecular flexibility index (Phi) is 5.74. The van der Waals surface area contributed by atoms with Gasteiger partial charge in [-0.2, -0.15) is 0 Å². The lowest BCUT2D eigenvalue weighted by Gasteiger charge is -2.13. The minimum absolute atomic E-state index is 0.544. The molecule has 224 valence electrons. The van der Waals surface area contributed by atoms with Crippen molar-refractivity contribution in [3.05, 3.63) is 140 Å². The van der Waals surface area contributed by atoms with Gasteiger partial charge in [-0.05, 0) is 52.2 Å². The van der Waals surface area contributed by atoms with Gasteiger partial charge in [0.1, 0.15) is 11.2 Å². The third-order valence-electron chi connectivity index (χ3n) is 8.92. The van der Waals surface area contributed by atoms with E-state index < -0.39 is 0 Å². The molecule has 7 nitrogen and oxygen atoms in total. The van der Waals surface area contributed by atoms with E-state index in [1.54, 1.807) is 6.20 Å². The molecule has 5 aromatic heterocycles. The van der Waals surface area contributed by atoms with Gasteiger partial charge in [0.05, 0.1) is 10.8 Å². The van der Waals surface area contributed by atoms with Gasteiger partial charge < -0.3 is 8.83 Å². The third kappa shape index (κ3) is 4.04. The van der Waals surface area contributed by atoms with Crippen molar-refractivity contribution in [3.63, 3.8) is 0 Å². The summed E-state index contributed by atoms with van der Waals surface area (Å²) < 4.78 is 12.2. The predicted octanol–water partition coefficient (Wildman–Crippen LogP) is 10.3. The second-order valence-corrected chi connectivity index (χ2v) is 11.7. The van der Waals surface area contributed by atoms with Crippen LogP contribution >= 0.6 is 0 Å². The highest BCUT2D eigenvalue weighted by Gasteiger charge is 2.21. The molecule has 0 N–H and O–H groups in total. The first-order chi connectivity index (χ1) is 23.8. The Labute approximate surface area is 273 Å². The van der Waals surface area contributed by atoms with Gasteiger partial charge in [-0.25, -0.2) is 24.9 Å². The van der Waals surface area contributed by atoms with Gasteiger partial charge in [-0.1, -0.05) is 97.1 Å². The average Bonchev–Trinajstić information content (AvgIpc) is 3.73. The molecule has 10 aromatic rings. The molecule has 0 radical (unpaired) electrons. The zero-order chi connectivity index (χ0) is 31.6. The van der Waals surface area contributed by atoms with Crippen LogP contribution < -0.4 is 0 Å². The van der Waals surface area contributed by atoms with E-state index in [4.69, 9.17) is 23.8 Å². The molecule has 0 amide bonds. The molecule has 7 heteroatoms. The third-order valence-corrected chi connectivity index (χ3v) is 8.92. The minimum atomic E-state index is 0.544. The Morgan fingerprint density at radius 2 is 0.833 bits per heavy atom. The van der Waals surface area contributed by atoms with Gasteiger partial charge in [0.25, 0.3) is 0 Å². The molecule has 0 saturated carbocycles. The number of hydrogen-bond donors (Lipinski definition) is 0. The fourth-order valence-electron chi connectivity index (χ4n) is 6.77. The molecule has 0 aliphatic rings. The number of benzene rings is 5. The lowest BCUT2D eigenvalue weighted by molar-refractivity contribution is 0.654. The van der Waals surface area contributed by atoms with Crippen molar-refractivity contribution in [2.24, 2.45) is 0 Å². The smallest absolute Gasteiger partial charge is 0.228 e. The number of para-hydroxylation sites is 2. The first-order valence-corrected chi connectivity index (χ1v) is 15.7. The molecule has 0 spiro atoms. The van der Waals surface area contributed by atoms with Gasteiger partial charge in [0.2, 0.25) is 11.4 Å². The predicted molar refractivity (Wildman–Crippen MR) is 189 cm³/mol. The fourth-order valence-corrected chi connectivity index (χ4v) is 6.77. The van der Waals surface area contributed by atoms with Crippen LogP contribution in [0.4, 0.5) is 0 Å². The van der Waals surface area contributed by atoms with Crippen molar-refractivity contribution < 1.29 is 8.83 Å². The van der Waals surface area contributed by atoms with E-state index in [9.17, 15) is 0 Å². The van der Waals surface area contributed by atoms with E-state index in [1.165, 1.54) is 0 Å². The summed E-state index contributed by atoms with van der Waals surface area (Å²) >= 11 is 0. The number of rotatable bonds is 4. The van der Waals surface area contributed by atoms with E-state index >= 15 is 0 Å². The topological polar surface area (TPSA) is 90.7 Å². The molecule has 0 aliphatic carbocycles. The van der Waals surface area contributed by atoms with Crippen LogP contribution in [0.5, 0.6) is 0 Å². The SMILES string of the molecule is c1ccc(-c2nc(-c3ccc(-c4ccnc5oc6ccccc6c45)c4ccccc34)nc(-c3ccnc4oc5ccccc5c34)n2)cc1. The Hall–Kier alpha value is -6.73. The van der Waals surface area contributed by atoms with Crippen LogP contribution in [0.3, 0.4) is 0 Å². The van der Waals surface area contributed by atoms with Crippen LogP contribution in [0.1, 0.15) is 0 Å². The van der Waals surface area contributed by atoms with Crippen LogP contribution in [0.15, 0.2) is 149 Å². The van der Waals surface area contributed by atoms with E-state index in [0.29, 0.717) is 28.9 Å². The number of pyridine rings is 2. The van der Waals surface area contributed by atoms with Crippen LogP contribution in [0, 0.1) is 0 Å². The Bertz CT molecular complexity index is 2860. The summed E-state index contributed by atoms with van der Waals surface area (Å²) in [4.78, 5) is 24.4. The summed E-state index contributed by atoms with van der Waals surface area (Å²) in [5.74, 6) is 1.71. The van der Waals surface area contributed by atoms with Crippen molar-refractivity contribution >= 4 is 54.9 Å². The van der Waals surface area contributed by atoms with Gasteiger partial charge in [-0.3, -0.25) is 0 Å². The Morgan fingerprint density at radius 1 is 0.354 bits per heavy atom. The maximum absolute atomic E-state index is 6.13. The quantitative estimate of drug-likeness (QED) is 0.194. The van der Waals surface area contributed by atoms with Crippen molar-refractivity contribution in [2.45, 2.75) is 0 Å². The number of furan rings is 2. The molecule has 0 unspecified atom stereocenters. The van der Waals surface area contributed by atoms with Gasteiger partial charge in [-0.15, -0.1) is 0 Å². The standard InChI is InChI=1S/C41H23N5O2/c1-2-10-24(11-3-1)37-44-38(46-39(45-37)32-21-23-43-41-36(32)31-15-7-9-17-34(31)48-41)29-19-18-27(25-12-4-5-13-26(25)29)28-20-22-42-40-35(28)30-14-6-8-16-33(30)47-40/h1-23H. The van der Waals surface area contributed by atoms with E-state index in [2.05, 4.69) is 58.5 Å². The summed E-state index contributed by atoms with van der Waals surface area (Å²) in [5, 5.41) is 5.96. The van der Waals surface area contributed by atoms with Gasteiger partial charge >= 0.3 is 0 Å². The number of nitrogens with zero attached hydrogens (tertiary/aromatic N) is 5. The average molecular weight is 618 g/mol. The van der Waals surface area contributed by atoms with Crippen LogP contribution in [-0.2, 0) is 0 Å². The second-order valence-electron chi connectivity index (χ2n) is 11.7. The van der Waals surface area contributed by atoms with E-state index in [1.807, 2.05) is 85.1 Å². The van der Waals surface area contributed by atoms with Crippen LogP contribution in [0.25, 0.3) is 100 Å². The van der Waals surface area contributed by atoms with Crippen LogP contribution in [0.2, 0.25) is 0 Å². The van der Waals surface area contributed by atoms with Gasteiger partial charge in [0, 0.05) is 39.9 Å². The molecule has 10 rings (SSSR count). The van der Waals surface area contributed by atoms with Crippen molar-refractivity contribution in [3.8, 4) is 45.3 Å². The molecule has 0 aliphatic heterocycles. The lowest BCUT2D eigenvalue weighted by Crippen LogP contribution is -2.01. The van der Waals surface area contributed by atoms with E-state index in [-0.39, 0.29) is 0 Å². The summed E-state index contributed by atoms with van der Waals surface area (Å²) in [5.41, 5.74) is 7.51. The molecule has 0 fully saturated rings. The Balaban J connectivity index is 1.23. The first kappa shape index (κ1) is 26.5. The molecular weight excluding hydrogens is 594 g/mol. The zero-order valence-electron chi connectivity index (χ0n) is 25.3. The lowest BCUT2D eigenvalue weighted by atomic mass is 9.93. The van der Waals surface area contributed by atoms with Crippen molar-refractivity contribution in [2.75, 3.05) is 0 Å². The fraction of sp³-hybridized carbons (Fsp3) is 0. The van der Waals surface area contributed by atoms with Crippen molar-refractivity contribution in [1.29, 1.82) is 0 Å². The maximum Gasteiger partial charge on any atom is 0.228 e. The molecule has 5 heterocycles. The minimum Gasteiger partial charge on any atom is -0.438 e. The van der Waals surface area contributed by atoms with E-state index in [0.717, 1.165) is 71.3 Å². The first-order valence-electron chi connectivity index (χ1n) is 15.7.